The van der Waals surface area contributed by atoms with Crippen LogP contribution in [0.4, 0.5) is 0 Å². The number of rotatable bonds is 0. The normalized spacial score (nSPS) is 24.9. The molecule has 1 saturated heterocycles. The Balaban J connectivity index is 0.000000845. The summed E-state index contributed by atoms with van der Waals surface area (Å²) in [7, 11) is 0. The minimum atomic E-state index is -0.484. The summed E-state index contributed by atoms with van der Waals surface area (Å²) in [4.78, 5) is 15.7. The number of piperidine rings is 1. The molecule has 2 N–H and O–H groups in total. The van der Waals surface area contributed by atoms with Gasteiger partial charge in [0.1, 0.15) is 5.54 Å². The number of hydrogen-bond donors (Lipinski definition) is 2. The summed E-state index contributed by atoms with van der Waals surface area (Å²) in [5.41, 5.74) is -0.484. The number of nitrogens with zero attached hydrogens (tertiary/aromatic N) is 1. The number of aliphatic imine (C=N–C) groups is 1. The van der Waals surface area contributed by atoms with E-state index in [1.54, 1.807) is 0 Å². The number of amidine groups is 1. The van der Waals surface area contributed by atoms with Crippen molar-refractivity contribution in [3.63, 3.8) is 0 Å². The Morgan fingerprint density at radius 2 is 2.08 bits per heavy atom. The maximum absolute atomic E-state index is 11.5. The maximum atomic E-state index is 11.5. The fraction of sp³-hybridized carbons (Fsp3) is 0.625. The first-order valence-electron chi connectivity index (χ1n) is 4.17. The Morgan fingerprint density at radius 1 is 1.46 bits per heavy atom. The van der Waals surface area contributed by atoms with E-state index in [4.69, 9.17) is 0 Å². The van der Waals surface area contributed by atoms with Crippen molar-refractivity contribution in [3.8, 4) is 0 Å². The minimum absolute atomic E-state index is 0. The van der Waals surface area contributed by atoms with Gasteiger partial charge >= 0.3 is 45.5 Å². The van der Waals surface area contributed by atoms with Crippen LogP contribution in [0, 0.1) is 6.92 Å². The number of hydrogen-bond acceptors (Lipinski definition) is 3. The summed E-state index contributed by atoms with van der Waals surface area (Å²) in [5, 5.41) is 5.85. The first-order valence-corrected chi connectivity index (χ1v) is 4.17. The summed E-state index contributed by atoms with van der Waals surface area (Å²) in [5.74, 6) is 0.538. The summed E-state index contributed by atoms with van der Waals surface area (Å²) >= 11 is 0. The molecule has 0 bridgehead atoms. The zero-order valence-electron chi connectivity index (χ0n) is 8.60. The predicted octanol–water partition coefficient (Wildman–Crippen LogP) is -0.797. The van der Waals surface area contributed by atoms with Crippen LogP contribution >= 0.6 is 0 Å². The van der Waals surface area contributed by atoms with Crippen LogP contribution in [-0.4, -0.2) is 75.9 Å². The van der Waals surface area contributed by atoms with Gasteiger partial charge in [0, 0.05) is 0 Å². The van der Waals surface area contributed by atoms with Crippen LogP contribution in [0.2, 0.25) is 0 Å². The van der Waals surface area contributed by atoms with E-state index in [0.29, 0.717) is 5.84 Å². The average molecular weight is 255 g/mol. The van der Waals surface area contributed by atoms with Gasteiger partial charge in [-0.2, -0.15) is 0 Å². The van der Waals surface area contributed by atoms with E-state index in [0.717, 1.165) is 25.9 Å². The van der Waals surface area contributed by atoms with Crippen LogP contribution in [0.15, 0.2) is 4.99 Å². The molecule has 13 heavy (non-hydrogen) atoms. The number of amides is 1. The molecular weight excluding hydrogens is 242 g/mol. The standard InChI is InChI=1S/C8H12N3O.Sr.H/c1-6-10-7(12)8(11-6)2-4-9-5-3-8;;/h9H,1-5H2,(H,10,11,12);;/q-1;+2;-1. The van der Waals surface area contributed by atoms with E-state index in [1.807, 2.05) is 0 Å². The molecule has 0 atom stereocenters. The molecule has 0 unspecified atom stereocenters. The third-order valence-electron chi connectivity index (χ3n) is 2.46. The van der Waals surface area contributed by atoms with Crippen molar-refractivity contribution in [3.05, 3.63) is 6.92 Å². The SMILES string of the molecule is [CH2-]C1=NC2(CCNCC2)C(=O)N1.[H-].[Sr+2]. The number of nitrogens with one attached hydrogen (secondary N) is 2. The van der Waals surface area contributed by atoms with Crippen molar-refractivity contribution in [1.82, 2.24) is 10.6 Å². The van der Waals surface area contributed by atoms with Gasteiger partial charge in [0.25, 0.3) is 5.91 Å². The smallest absolute Gasteiger partial charge is 1.00 e. The van der Waals surface area contributed by atoms with Crippen molar-refractivity contribution >= 4 is 57.2 Å². The van der Waals surface area contributed by atoms with E-state index in [1.165, 1.54) is 0 Å². The summed E-state index contributed by atoms with van der Waals surface area (Å²) in [6, 6.07) is 0. The molecule has 2 rings (SSSR count). The molecule has 2 aliphatic heterocycles. The Hall–Kier alpha value is 0.451. The second-order valence-electron chi connectivity index (χ2n) is 3.29. The number of carbonyl (C=O) groups excluding carboxylic acids is 1. The molecule has 1 spiro atoms. The molecule has 0 aromatic heterocycles. The van der Waals surface area contributed by atoms with Crippen molar-refractivity contribution in [1.29, 1.82) is 0 Å². The molecule has 0 aliphatic carbocycles. The van der Waals surface area contributed by atoms with Gasteiger partial charge in [0.15, 0.2) is 0 Å². The van der Waals surface area contributed by atoms with Gasteiger partial charge in [-0.15, -0.1) is 0 Å². The van der Waals surface area contributed by atoms with Crippen molar-refractivity contribution in [2.75, 3.05) is 13.1 Å². The zero-order chi connectivity index (χ0) is 8.60. The molecule has 0 aromatic rings. The van der Waals surface area contributed by atoms with Crippen LogP contribution in [0.3, 0.4) is 0 Å². The first kappa shape index (κ1) is 11.5. The molecule has 2 aliphatic rings. The number of carbonyl (C=O) groups is 1. The molecular formula is C8H13N3OSr. The van der Waals surface area contributed by atoms with Gasteiger partial charge in [0.2, 0.25) is 0 Å². The second kappa shape index (κ2) is 4.31. The van der Waals surface area contributed by atoms with Gasteiger partial charge in [0.05, 0.1) is 0 Å². The van der Waals surface area contributed by atoms with Crippen molar-refractivity contribution in [2.24, 2.45) is 4.99 Å². The molecule has 2 heterocycles. The molecule has 0 aromatic carbocycles. The predicted molar refractivity (Wildman–Crippen MR) is 52.6 cm³/mol. The quantitative estimate of drug-likeness (QED) is 0.440. The molecule has 0 radical (unpaired) electrons. The molecule has 1 fully saturated rings. The largest absolute Gasteiger partial charge is 2.00 e. The topological polar surface area (TPSA) is 53.5 Å². The third-order valence-corrected chi connectivity index (χ3v) is 2.46. The third kappa shape index (κ3) is 2.10. The minimum Gasteiger partial charge on any atom is -1.00 e. The van der Waals surface area contributed by atoms with Crippen LogP contribution in [0.1, 0.15) is 14.3 Å². The van der Waals surface area contributed by atoms with Crippen LogP contribution < -0.4 is 10.6 Å². The Morgan fingerprint density at radius 3 is 2.54 bits per heavy atom. The van der Waals surface area contributed by atoms with Gasteiger partial charge in [-0.25, -0.2) is 0 Å². The summed E-state index contributed by atoms with van der Waals surface area (Å²) in [6.07, 6.45) is 1.58. The van der Waals surface area contributed by atoms with Crippen molar-refractivity contribution < 1.29 is 6.22 Å². The molecule has 5 heteroatoms. The van der Waals surface area contributed by atoms with E-state index >= 15 is 0 Å². The fourth-order valence-electron chi connectivity index (χ4n) is 1.76. The monoisotopic (exact) mass is 255 g/mol. The van der Waals surface area contributed by atoms with Crippen LogP contribution in [0.5, 0.6) is 0 Å². The van der Waals surface area contributed by atoms with Gasteiger partial charge in [-0.05, 0) is 31.8 Å². The Labute approximate surface area is 116 Å². The van der Waals surface area contributed by atoms with E-state index < -0.39 is 5.54 Å². The summed E-state index contributed by atoms with van der Waals surface area (Å²) in [6.45, 7) is 5.37. The second-order valence-corrected chi connectivity index (χ2v) is 3.29. The average Bonchev–Trinajstić information content (AvgIpc) is 2.29. The van der Waals surface area contributed by atoms with Gasteiger partial charge in [-0.3, -0.25) is 9.79 Å². The Kier molecular flexibility index (Phi) is 3.83. The van der Waals surface area contributed by atoms with Gasteiger partial charge < -0.3 is 19.0 Å². The molecule has 4 nitrogen and oxygen atoms in total. The van der Waals surface area contributed by atoms with Crippen molar-refractivity contribution in [2.45, 2.75) is 18.4 Å². The van der Waals surface area contributed by atoms with E-state index in [9.17, 15) is 4.79 Å². The van der Waals surface area contributed by atoms with E-state index in [2.05, 4.69) is 22.5 Å². The molecule has 68 valence electrons. The maximum Gasteiger partial charge on any atom is 2.00 e. The van der Waals surface area contributed by atoms with Gasteiger partial charge in [-0.1, -0.05) is 0 Å². The first-order chi connectivity index (χ1) is 5.73. The molecule has 0 saturated carbocycles. The zero-order valence-corrected chi connectivity index (χ0v) is 11.1. The molecule has 1 amide bonds. The summed E-state index contributed by atoms with van der Waals surface area (Å²) < 4.78 is 0. The van der Waals surface area contributed by atoms with E-state index in [-0.39, 0.29) is 52.8 Å². The van der Waals surface area contributed by atoms with Crippen LogP contribution in [0.25, 0.3) is 0 Å². The van der Waals surface area contributed by atoms with Crippen LogP contribution in [-0.2, 0) is 4.79 Å². The Bertz CT molecular complexity index is 251. The fourth-order valence-corrected chi connectivity index (χ4v) is 1.76.